The van der Waals surface area contributed by atoms with Crippen LogP contribution in [0.3, 0.4) is 0 Å². The Bertz CT molecular complexity index is 2480. The van der Waals surface area contributed by atoms with Crippen molar-refractivity contribution in [1.82, 2.24) is 24.6 Å². The Morgan fingerprint density at radius 2 is 1.98 bits per heavy atom. The van der Waals surface area contributed by atoms with Crippen molar-refractivity contribution in [3.8, 4) is 11.5 Å². The summed E-state index contributed by atoms with van der Waals surface area (Å²) in [5, 5.41) is 11.7. The van der Waals surface area contributed by atoms with Gasteiger partial charge in [0.2, 0.25) is 0 Å². The zero-order chi connectivity index (χ0) is 36.4. The standard InChI is InChI=1S/C40H35Cl2FN6O4/c1-22-29-16-24(17-31(42)37(29)47-46-22)39(50)44-26-7-9-34-33(19-26)45-36(49(34)20-27-12-15-51-27)21-48-13-10-23(11-14-48)28-4-3-5-35-38(28)53-40(2,52-35)30-8-6-25(41)18-32(30)43/h3-10,16-19,27H,11-15,20-21H2,1-2H3,(H,44,50)(H,46,47). The van der Waals surface area contributed by atoms with E-state index in [2.05, 4.69) is 31.1 Å². The normalized spacial score (nSPS) is 19.8. The molecule has 1 amide bonds. The molecule has 1 fully saturated rings. The van der Waals surface area contributed by atoms with Crippen LogP contribution in [0.4, 0.5) is 10.1 Å². The summed E-state index contributed by atoms with van der Waals surface area (Å²) in [4.78, 5) is 20.8. The van der Waals surface area contributed by atoms with Gasteiger partial charge >= 0.3 is 0 Å². The van der Waals surface area contributed by atoms with E-state index >= 15 is 0 Å². The molecule has 3 aliphatic heterocycles. The first-order valence-electron chi connectivity index (χ1n) is 17.6. The monoisotopic (exact) mass is 752 g/mol. The Morgan fingerprint density at radius 3 is 2.75 bits per heavy atom. The zero-order valence-corrected chi connectivity index (χ0v) is 30.5. The molecule has 2 aromatic heterocycles. The first-order chi connectivity index (χ1) is 25.6. The fourth-order valence-corrected chi connectivity index (χ4v) is 7.81. The number of nitrogens with one attached hydrogen (secondary N) is 2. The summed E-state index contributed by atoms with van der Waals surface area (Å²) >= 11 is 12.4. The van der Waals surface area contributed by atoms with Gasteiger partial charge in [-0.1, -0.05) is 41.4 Å². The molecule has 4 aromatic carbocycles. The number of carbonyl (C=O) groups is 1. The van der Waals surface area contributed by atoms with Gasteiger partial charge in [0.25, 0.3) is 11.7 Å². The summed E-state index contributed by atoms with van der Waals surface area (Å²) in [7, 11) is 0. The first kappa shape index (κ1) is 33.9. The minimum absolute atomic E-state index is 0.138. The SMILES string of the molecule is Cc1[nH]nc2c(Cl)cc(C(=O)Nc3ccc4c(c3)nc(CN3CC=C(c5cccc6c5OC(C)(c5ccc(Cl)cc5F)O6)CC3)n4CC3CCO3)cc12. The van der Waals surface area contributed by atoms with Crippen LogP contribution in [-0.2, 0) is 23.6 Å². The van der Waals surface area contributed by atoms with Gasteiger partial charge in [-0.05, 0) is 79.9 Å². The number of aromatic amines is 1. The molecule has 53 heavy (non-hydrogen) atoms. The number of H-pyrrole nitrogens is 1. The quantitative estimate of drug-likeness (QED) is 0.160. The lowest BCUT2D eigenvalue weighted by atomic mass is 9.98. The minimum Gasteiger partial charge on any atom is -0.444 e. The van der Waals surface area contributed by atoms with E-state index in [0.29, 0.717) is 57.9 Å². The van der Waals surface area contributed by atoms with Crippen LogP contribution in [0.15, 0.2) is 72.8 Å². The van der Waals surface area contributed by atoms with E-state index in [4.69, 9.17) is 42.4 Å². The highest BCUT2D eigenvalue weighted by atomic mass is 35.5. The van der Waals surface area contributed by atoms with Gasteiger partial charge in [-0.25, -0.2) is 9.37 Å². The van der Waals surface area contributed by atoms with Crippen LogP contribution in [0.2, 0.25) is 10.0 Å². The second-order valence-corrected chi connectivity index (χ2v) is 14.7. The van der Waals surface area contributed by atoms with Gasteiger partial charge in [0.05, 0.1) is 40.8 Å². The van der Waals surface area contributed by atoms with Crippen molar-refractivity contribution in [3.05, 3.63) is 117 Å². The molecule has 1 saturated heterocycles. The molecule has 0 bridgehead atoms. The van der Waals surface area contributed by atoms with Crippen molar-refractivity contribution in [3.63, 3.8) is 0 Å². The number of hydrogen-bond acceptors (Lipinski definition) is 7. The summed E-state index contributed by atoms with van der Waals surface area (Å²) in [6.45, 7) is 7.22. The molecule has 0 radical (unpaired) electrons. The molecule has 3 aliphatic rings. The number of nitrogens with zero attached hydrogens (tertiary/aromatic N) is 4. The lowest BCUT2D eigenvalue weighted by Crippen LogP contribution is -2.33. The lowest BCUT2D eigenvalue weighted by molar-refractivity contribution is -0.0708. The summed E-state index contributed by atoms with van der Waals surface area (Å²) in [6.07, 6.45) is 4.13. The van der Waals surface area contributed by atoms with Crippen molar-refractivity contribution in [2.24, 2.45) is 0 Å². The van der Waals surface area contributed by atoms with Crippen molar-refractivity contribution < 1.29 is 23.4 Å². The third-order valence-corrected chi connectivity index (χ3v) is 10.9. The summed E-state index contributed by atoms with van der Waals surface area (Å²) < 4.78 is 35.6. The van der Waals surface area contributed by atoms with Crippen LogP contribution in [0, 0.1) is 12.7 Å². The Morgan fingerprint density at radius 1 is 1.11 bits per heavy atom. The predicted octanol–water partition coefficient (Wildman–Crippen LogP) is 8.64. The molecule has 0 saturated carbocycles. The fourth-order valence-electron chi connectivity index (χ4n) is 7.39. The van der Waals surface area contributed by atoms with Gasteiger partial charge in [-0.3, -0.25) is 14.8 Å². The first-order valence-corrected chi connectivity index (χ1v) is 18.3. The second kappa shape index (κ2) is 13.2. The fraction of sp³-hybridized carbons (Fsp3) is 0.275. The lowest BCUT2D eigenvalue weighted by Gasteiger charge is -2.29. The van der Waals surface area contributed by atoms with Gasteiger partial charge < -0.3 is 24.1 Å². The summed E-state index contributed by atoms with van der Waals surface area (Å²) in [5.74, 6) is 0.0395. The van der Waals surface area contributed by atoms with Crippen LogP contribution < -0.4 is 14.8 Å². The number of aromatic nitrogens is 4. The van der Waals surface area contributed by atoms with Gasteiger partial charge in [0, 0.05) is 59.5 Å². The molecule has 2 N–H and O–H groups in total. The van der Waals surface area contributed by atoms with E-state index in [-0.39, 0.29) is 17.6 Å². The number of anilines is 1. The molecule has 10 nitrogen and oxygen atoms in total. The van der Waals surface area contributed by atoms with Crippen molar-refractivity contribution in [2.45, 2.75) is 51.7 Å². The maximum absolute atomic E-state index is 14.9. The largest absolute Gasteiger partial charge is 0.444 e. The van der Waals surface area contributed by atoms with Gasteiger partial charge in [0.1, 0.15) is 17.2 Å². The number of aryl methyl sites for hydroxylation is 1. The smallest absolute Gasteiger partial charge is 0.278 e. The zero-order valence-electron chi connectivity index (χ0n) is 29.0. The van der Waals surface area contributed by atoms with Crippen LogP contribution >= 0.6 is 23.2 Å². The number of rotatable bonds is 8. The minimum atomic E-state index is -1.32. The number of fused-ring (bicyclic) bond motifs is 3. The Hall–Kier alpha value is -4.94. The number of imidazole rings is 1. The van der Waals surface area contributed by atoms with E-state index in [0.717, 1.165) is 65.1 Å². The molecule has 2 atom stereocenters. The van der Waals surface area contributed by atoms with Gasteiger partial charge in [-0.15, -0.1) is 0 Å². The van der Waals surface area contributed by atoms with E-state index in [1.165, 1.54) is 6.07 Å². The number of para-hydroxylation sites is 1. The summed E-state index contributed by atoms with van der Waals surface area (Å²) in [6, 6.07) is 19.5. The third-order valence-electron chi connectivity index (χ3n) is 10.3. The molecule has 0 spiro atoms. The maximum atomic E-state index is 14.9. The highest BCUT2D eigenvalue weighted by Gasteiger charge is 2.42. The van der Waals surface area contributed by atoms with Gasteiger partial charge in [-0.2, -0.15) is 5.10 Å². The molecule has 13 heteroatoms. The second-order valence-electron chi connectivity index (χ2n) is 13.9. The van der Waals surface area contributed by atoms with Crippen LogP contribution in [0.25, 0.3) is 27.5 Å². The number of benzene rings is 4. The van der Waals surface area contributed by atoms with Crippen LogP contribution in [0.1, 0.15) is 52.8 Å². The average molecular weight is 754 g/mol. The highest BCUT2D eigenvalue weighted by Crippen LogP contribution is 2.49. The molecular weight excluding hydrogens is 718 g/mol. The van der Waals surface area contributed by atoms with E-state index in [1.807, 2.05) is 43.3 Å². The molecule has 270 valence electrons. The maximum Gasteiger partial charge on any atom is 0.278 e. The van der Waals surface area contributed by atoms with Crippen molar-refractivity contribution >= 4 is 62.3 Å². The molecular formula is C40H35Cl2FN6O4. The topological polar surface area (TPSA) is 107 Å². The number of hydrogen-bond donors (Lipinski definition) is 2. The van der Waals surface area contributed by atoms with Crippen LogP contribution in [-0.4, -0.2) is 56.4 Å². The Labute approximate surface area is 314 Å². The van der Waals surface area contributed by atoms with E-state index in [9.17, 15) is 9.18 Å². The molecule has 9 rings (SSSR count). The number of amides is 1. The highest BCUT2D eigenvalue weighted by molar-refractivity contribution is 6.35. The van der Waals surface area contributed by atoms with E-state index in [1.54, 1.807) is 31.2 Å². The number of halogens is 3. The Balaban J connectivity index is 0.939. The van der Waals surface area contributed by atoms with Crippen LogP contribution in [0.5, 0.6) is 11.5 Å². The summed E-state index contributed by atoms with van der Waals surface area (Å²) in [5.41, 5.74) is 6.70. The molecule has 2 unspecified atom stereocenters. The number of ether oxygens (including phenoxy) is 3. The molecule has 6 aromatic rings. The molecule has 5 heterocycles. The van der Waals surface area contributed by atoms with E-state index < -0.39 is 11.6 Å². The average Bonchev–Trinajstić information content (AvgIpc) is 3.78. The van der Waals surface area contributed by atoms with Crippen molar-refractivity contribution in [2.75, 3.05) is 25.0 Å². The predicted molar refractivity (Wildman–Crippen MR) is 202 cm³/mol. The Kier molecular flexibility index (Phi) is 8.42. The van der Waals surface area contributed by atoms with Crippen molar-refractivity contribution in [1.29, 1.82) is 0 Å². The number of carbonyl (C=O) groups excluding carboxylic acids is 1. The van der Waals surface area contributed by atoms with Gasteiger partial charge in [0.15, 0.2) is 11.5 Å². The molecule has 0 aliphatic carbocycles. The third kappa shape index (κ3) is 6.21.